The van der Waals surface area contributed by atoms with E-state index in [4.69, 9.17) is 4.74 Å². The third-order valence-corrected chi connectivity index (χ3v) is 3.09. The molecule has 0 amide bonds. The zero-order valence-electron chi connectivity index (χ0n) is 9.01. The smallest absolute Gasteiger partial charge is 0.0964 e. The van der Waals surface area contributed by atoms with Crippen LogP contribution >= 0.6 is 0 Å². The van der Waals surface area contributed by atoms with Crippen molar-refractivity contribution in [3.63, 3.8) is 0 Å². The van der Waals surface area contributed by atoms with Gasteiger partial charge >= 0.3 is 0 Å². The lowest BCUT2D eigenvalue weighted by molar-refractivity contribution is 0.0243. The standard InChI is InChI=1S/C11H20N2O/c1-11(6-4-8-14-11)9-13-10-5-2-3-7-12-10/h2-9H2,1H3,(H,12,13). The minimum Gasteiger partial charge on any atom is -0.373 e. The van der Waals surface area contributed by atoms with Gasteiger partial charge in [-0.3, -0.25) is 4.99 Å². The number of nitrogens with one attached hydrogen (secondary N) is 1. The van der Waals surface area contributed by atoms with Crippen molar-refractivity contribution < 1.29 is 4.74 Å². The largest absolute Gasteiger partial charge is 0.373 e. The van der Waals surface area contributed by atoms with Crippen LogP contribution in [0.4, 0.5) is 0 Å². The Hall–Kier alpha value is -0.570. The van der Waals surface area contributed by atoms with Crippen molar-refractivity contribution >= 4 is 5.84 Å². The quantitative estimate of drug-likeness (QED) is 0.729. The molecule has 2 aliphatic rings. The van der Waals surface area contributed by atoms with Crippen LogP contribution in [-0.2, 0) is 4.74 Å². The number of nitrogens with zero attached hydrogens (tertiary/aromatic N) is 1. The molecule has 0 bridgehead atoms. The highest BCUT2D eigenvalue weighted by Gasteiger charge is 2.29. The molecule has 3 heteroatoms. The van der Waals surface area contributed by atoms with Crippen molar-refractivity contribution in [3.05, 3.63) is 0 Å². The molecule has 1 atom stereocenters. The van der Waals surface area contributed by atoms with Crippen molar-refractivity contribution in [2.45, 2.75) is 44.6 Å². The molecule has 0 aromatic heterocycles. The predicted octanol–water partition coefficient (Wildman–Crippen LogP) is 1.73. The maximum Gasteiger partial charge on any atom is 0.0964 e. The van der Waals surface area contributed by atoms with Gasteiger partial charge in [-0.05, 0) is 32.6 Å². The summed E-state index contributed by atoms with van der Waals surface area (Å²) in [6, 6.07) is 0. The van der Waals surface area contributed by atoms with Crippen LogP contribution < -0.4 is 5.32 Å². The molecule has 0 aliphatic carbocycles. The van der Waals surface area contributed by atoms with Gasteiger partial charge in [-0.15, -0.1) is 0 Å². The molecule has 2 rings (SSSR count). The highest BCUT2D eigenvalue weighted by Crippen LogP contribution is 2.24. The first-order valence-corrected chi connectivity index (χ1v) is 5.70. The van der Waals surface area contributed by atoms with Crippen molar-refractivity contribution in [1.82, 2.24) is 5.32 Å². The lowest BCUT2D eigenvalue weighted by Gasteiger charge is -2.25. The summed E-state index contributed by atoms with van der Waals surface area (Å²) < 4.78 is 5.71. The summed E-state index contributed by atoms with van der Waals surface area (Å²) >= 11 is 0. The van der Waals surface area contributed by atoms with Gasteiger partial charge in [0, 0.05) is 26.1 Å². The average Bonchev–Trinajstić information content (AvgIpc) is 2.65. The number of ether oxygens (including phenoxy) is 1. The maximum absolute atomic E-state index is 5.71. The van der Waals surface area contributed by atoms with Gasteiger partial charge in [0.2, 0.25) is 0 Å². The van der Waals surface area contributed by atoms with Gasteiger partial charge in [-0.2, -0.15) is 0 Å². The Kier molecular flexibility index (Phi) is 3.06. The van der Waals surface area contributed by atoms with Crippen molar-refractivity contribution in [3.8, 4) is 0 Å². The molecule has 0 aromatic rings. The first kappa shape index (κ1) is 9.97. The Morgan fingerprint density at radius 3 is 3.00 bits per heavy atom. The Morgan fingerprint density at radius 1 is 1.43 bits per heavy atom. The first-order chi connectivity index (χ1) is 6.79. The van der Waals surface area contributed by atoms with E-state index in [0.29, 0.717) is 0 Å². The summed E-state index contributed by atoms with van der Waals surface area (Å²) in [6.45, 7) is 5.03. The zero-order chi connectivity index (χ0) is 9.86. The molecular weight excluding hydrogens is 176 g/mol. The van der Waals surface area contributed by atoms with Gasteiger partial charge in [0.1, 0.15) is 0 Å². The summed E-state index contributed by atoms with van der Waals surface area (Å²) in [5.74, 6) is 1.19. The number of aliphatic imine (C=N–C) groups is 1. The van der Waals surface area contributed by atoms with Gasteiger partial charge in [-0.1, -0.05) is 0 Å². The van der Waals surface area contributed by atoms with E-state index >= 15 is 0 Å². The average molecular weight is 196 g/mol. The van der Waals surface area contributed by atoms with Gasteiger partial charge in [0.15, 0.2) is 0 Å². The number of amidine groups is 1. The van der Waals surface area contributed by atoms with Crippen molar-refractivity contribution in [1.29, 1.82) is 0 Å². The highest BCUT2D eigenvalue weighted by atomic mass is 16.5. The van der Waals surface area contributed by atoms with Gasteiger partial charge in [-0.25, -0.2) is 0 Å². The highest BCUT2D eigenvalue weighted by molar-refractivity contribution is 5.82. The molecule has 80 valence electrons. The maximum atomic E-state index is 5.71. The molecule has 0 saturated carbocycles. The minimum absolute atomic E-state index is 0.0555. The van der Waals surface area contributed by atoms with Crippen LogP contribution in [0.3, 0.4) is 0 Å². The zero-order valence-corrected chi connectivity index (χ0v) is 9.01. The number of rotatable bonds is 2. The molecule has 1 fully saturated rings. The lowest BCUT2D eigenvalue weighted by Crippen LogP contribution is -2.40. The van der Waals surface area contributed by atoms with Crippen LogP contribution in [0.2, 0.25) is 0 Å². The van der Waals surface area contributed by atoms with E-state index in [1.165, 1.54) is 31.5 Å². The van der Waals surface area contributed by atoms with E-state index < -0.39 is 0 Å². The second kappa shape index (κ2) is 4.30. The molecule has 1 unspecified atom stereocenters. The number of hydrogen-bond donors (Lipinski definition) is 1. The molecule has 2 aliphatic heterocycles. The summed E-state index contributed by atoms with van der Waals surface area (Å²) in [5.41, 5.74) is 0.0555. The summed E-state index contributed by atoms with van der Waals surface area (Å²) in [7, 11) is 0. The van der Waals surface area contributed by atoms with Crippen LogP contribution in [0.15, 0.2) is 4.99 Å². The lowest BCUT2D eigenvalue weighted by atomic mass is 10.0. The third-order valence-electron chi connectivity index (χ3n) is 3.09. The molecule has 2 heterocycles. The molecule has 1 saturated heterocycles. The molecule has 0 spiro atoms. The van der Waals surface area contributed by atoms with E-state index in [0.717, 1.165) is 26.1 Å². The summed E-state index contributed by atoms with van der Waals surface area (Å²) in [6.07, 6.45) is 6.02. The Labute approximate surface area is 85.9 Å². The van der Waals surface area contributed by atoms with E-state index in [1.54, 1.807) is 0 Å². The fraction of sp³-hybridized carbons (Fsp3) is 0.909. The van der Waals surface area contributed by atoms with Gasteiger partial charge < -0.3 is 10.1 Å². The van der Waals surface area contributed by atoms with E-state index in [-0.39, 0.29) is 5.60 Å². The van der Waals surface area contributed by atoms with Crippen LogP contribution in [0.25, 0.3) is 0 Å². The Balaban J connectivity index is 1.78. The monoisotopic (exact) mass is 196 g/mol. The van der Waals surface area contributed by atoms with Crippen LogP contribution in [0, 0.1) is 0 Å². The Morgan fingerprint density at radius 2 is 2.36 bits per heavy atom. The SMILES string of the molecule is CC1(CNC2=NCCCC2)CCCO1. The van der Waals surface area contributed by atoms with Gasteiger partial charge in [0.25, 0.3) is 0 Å². The second-order valence-corrected chi connectivity index (χ2v) is 4.54. The summed E-state index contributed by atoms with van der Waals surface area (Å²) in [4.78, 5) is 4.47. The molecule has 1 N–H and O–H groups in total. The normalized spacial score (nSPS) is 32.8. The molecular formula is C11H20N2O. The van der Waals surface area contributed by atoms with E-state index in [1.807, 2.05) is 0 Å². The van der Waals surface area contributed by atoms with Crippen molar-refractivity contribution in [2.75, 3.05) is 19.7 Å². The second-order valence-electron chi connectivity index (χ2n) is 4.54. The molecule has 14 heavy (non-hydrogen) atoms. The minimum atomic E-state index is 0.0555. The Bertz CT molecular complexity index is 219. The van der Waals surface area contributed by atoms with Crippen LogP contribution in [-0.4, -0.2) is 31.1 Å². The van der Waals surface area contributed by atoms with Gasteiger partial charge in [0.05, 0.1) is 11.4 Å². The molecule has 3 nitrogen and oxygen atoms in total. The third kappa shape index (κ3) is 2.47. The van der Waals surface area contributed by atoms with Crippen LogP contribution in [0.1, 0.15) is 39.0 Å². The topological polar surface area (TPSA) is 33.6 Å². The van der Waals surface area contributed by atoms with E-state index in [9.17, 15) is 0 Å². The first-order valence-electron chi connectivity index (χ1n) is 5.70. The van der Waals surface area contributed by atoms with Crippen molar-refractivity contribution in [2.24, 2.45) is 4.99 Å². The fourth-order valence-electron chi connectivity index (χ4n) is 2.11. The summed E-state index contributed by atoms with van der Waals surface area (Å²) in [5, 5.41) is 3.43. The molecule has 0 radical (unpaired) electrons. The fourth-order valence-corrected chi connectivity index (χ4v) is 2.11. The predicted molar refractivity (Wildman–Crippen MR) is 57.7 cm³/mol. The molecule has 0 aromatic carbocycles. The van der Waals surface area contributed by atoms with Crippen LogP contribution in [0.5, 0.6) is 0 Å². The number of hydrogen-bond acceptors (Lipinski definition) is 3. The van der Waals surface area contributed by atoms with E-state index in [2.05, 4.69) is 17.2 Å².